The molecule has 0 bridgehead atoms. The fourth-order valence-electron chi connectivity index (χ4n) is 2.62. The summed E-state index contributed by atoms with van der Waals surface area (Å²) in [5.41, 5.74) is 3.04. The van der Waals surface area contributed by atoms with Crippen molar-refractivity contribution in [2.75, 3.05) is 6.54 Å². The van der Waals surface area contributed by atoms with Crippen molar-refractivity contribution in [1.82, 2.24) is 5.32 Å². The molecule has 2 aromatic carbocycles. The highest BCUT2D eigenvalue weighted by molar-refractivity contribution is 6.67. The van der Waals surface area contributed by atoms with E-state index in [2.05, 4.69) is 18.2 Å². The minimum atomic E-state index is -0.0536. The number of hydrogen-bond donors (Lipinski definition) is 1. The van der Waals surface area contributed by atoms with E-state index in [9.17, 15) is 4.79 Å². The van der Waals surface area contributed by atoms with Gasteiger partial charge in [0.15, 0.2) is 0 Å². The van der Waals surface area contributed by atoms with E-state index in [1.165, 1.54) is 11.0 Å². The van der Waals surface area contributed by atoms with Gasteiger partial charge in [-0.05, 0) is 53.8 Å². The maximum atomic E-state index is 11.9. The summed E-state index contributed by atoms with van der Waals surface area (Å²) >= 11 is 0. The highest BCUT2D eigenvalue weighted by Gasteiger charge is 2.23. The summed E-state index contributed by atoms with van der Waals surface area (Å²) in [6.07, 6.45) is 0.924. The summed E-state index contributed by atoms with van der Waals surface area (Å²) in [6.45, 7) is 5.55. The van der Waals surface area contributed by atoms with E-state index in [1.54, 1.807) is 12.1 Å². The second-order valence-corrected chi connectivity index (χ2v) is 5.70. The summed E-state index contributed by atoms with van der Waals surface area (Å²) in [5, 5.41) is 2.86. The van der Waals surface area contributed by atoms with Crippen molar-refractivity contribution in [3.8, 4) is 11.5 Å². The van der Waals surface area contributed by atoms with Crippen LogP contribution in [0, 0.1) is 0 Å². The van der Waals surface area contributed by atoms with Crippen molar-refractivity contribution in [2.45, 2.75) is 26.8 Å². The maximum Gasteiger partial charge on any atom is 0.324 e. The van der Waals surface area contributed by atoms with Crippen LogP contribution in [0.1, 0.15) is 29.3 Å². The van der Waals surface area contributed by atoms with E-state index in [4.69, 9.17) is 9.39 Å². The minimum absolute atomic E-state index is 0.0536. The summed E-state index contributed by atoms with van der Waals surface area (Å²) in [5.74, 6) is 1.44. The molecule has 118 valence electrons. The summed E-state index contributed by atoms with van der Waals surface area (Å²) in [7, 11) is 0. The smallest absolute Gasteiger partial charge is 0.324 e. The Morgan fingerprint density at radius 1 is 1.22 bits per heavy atom. The number of carbonyl (C=O) groups is 1. The molecule has 0 radical (unpaired) electrons. The molecule has 5 heteroatoms. The van der Waals surface area contributed by atoms with Crippen LogP contribution in [-0.4, -0.2) is 19.4 Å². The van der Waals surface area contributed by atoms with E-state index in [-0.39, 0.29) is 12.8 Å². The Labute approximate surface area is 136 Å². The fraction of sp³-hybridized carbons (Fsp3) is 0.278. The third-order valence-corrected chi connectivity index (χ3v) is 3.93. The van der Waals surface area contributed by atoms with Gasteiger partial charge >= 0.3 is 6.92 Å². The first-order valence-electron chi connectivity index (χ1n) is 7.98. The van der Waals surface area contributed by atoms with Crippen molar-refractivity contribution < 1.29 is 14.2 Å². The standard InChI is InChI=1S/C18H20BNO3/c1-3-10-20-18(21)13-4-6-15(7-5-13)23-16-8-9-17-14(11-16)12-22-19(17)2/h4-9,11H,3,10,12H2,1-2H3,(H,20,21). The maximum absolute atomic E-state index is 11.9. The Morgan fingerprint density at radius 3 is 2.70 bits per heavy atom. The molecule has 1 amide bonds. The van der Waals surface area contributed by atoms with Crippen LogP contribution in [-0.2, 0) is 11.3 Å². The lowest BCUT2D eigenvalue weighted by Crippen LogP contribution is -2.23. The largest absolute Gasteiger partial charge is 0.457 e. The molecule has 23 heavy (non-hydrogen) atoms. The van der Waals surface area contributed by atoms with Crippen LogP contribution in [0.3, 0.4) is 0 Å². The molecule has 4 nitrogen and oxygen atoms in total. The highest BCUT2D eigenvalue weighted by Crippen LogP contribution is 2.24. The van der Waals surface area contributed by atoms with Crippen LogP contribution in [0.2, 0.25) is 6.82 Å². The number of fused-ring (bicyclic) bond motifs is 1. The number of ether oxygens (including phenoxy) is 1. The van der Waals surface area contributed by atoms with Gasteiger partial charge in [0.1, 0.15) is 11.5 Å². The molecular weight excluding hydrogens is 289 g/mol. The Balaban J connectivity index is 1.68. The number of nitrogens with one attached hydrogen (secondary N) is 1. The quantitative estimate of drug-likeness (QED) is 0.864. The van der Waals surface area contributed by atoms with Gasteiger partial charge in [-0.25, -0.2) is 0 Å². The highest BCUT2D eigenvalue weighted by atomic mass is 16.5. The molecule has 3 rings (SSSR count). The lowest BCUT2D eigenvalue weighted by atomic mass is 9.64. The second-order valence-electron chi connectivity index (χ2n) is 5.70. The van der Waals surface area contributed by atoms with Crippen molar-refractivity contribution in [1.29, 1.82) is 0 Å². The van der Waals surface area contributed by atoms with Gasteiger partial charge < -0.3 is 14.7 Å². The average molecular weight is 309 g/mol. The van der Waals surface area contributed by atoms with Crippen LogP contribution >= 0.6 is 0 Å². The first-order chi connectivity index (χ1) is 11.2. The van der Waals surface area contributed by atoms with Crippen molar-refractivity contribution in [3.63, 3.8) is 0 Å². The number of hydrogen-bond acceptors (Lipinski definition) is 3. The van der Waals surface area contributed by atoms with E-state index in [0.29, 0.717) is 24.5 Å². The number of benzene rings is 2. The normalized spacial score (nSPS) is 12.9. The second kappa shape index (κ2) is 6.88. The van der Waals surface area contributed by atoms with Gasteiger partial charge in [0.25, 0.3) is 5.91 Å². The van der Waals surface area contributed by atoms with Crippen molar-refractivity contribution in [3.05, 3.63) is 53.6 Å². The topological polar surface area (TPSA) is 47.6 Å². The molecule has 1 aliphatic rings. The summed E-state index contributed by atoms with van der Waals surface area (Å²) < 4.78 is 11.5. The number of rotatable bonds is 5. The Bertz CT molecular complexity index is 700. The molecule has 0 fully saturated rings. The zero-order chi connectivity index (χ0) is 16.2. The van der Waals surface area contributed by atoms with E-state index >= 15 is 0 Å². The van der Waals surface area contributed by atoms with Crippen LogP contribution in [0.15, 0.2) is 42.5 Å². The molecule has 0 aromatic heterocycles. The van der Waals surface area contributed by atoms with Gasteiger partial charge in [-0.3, -0.25) is 4.79 Å². The van der Waals surface area contributed by atoms with E-state index in [0.717, 1.165) is 12.2 Å². The molecule has 0 aliphatic carbocycles. The number of carbonyl (C=O) groups excluding carboxylic acids is 1. The Hall–Kier alpha value is -2.27. The van der Waals surface area contributed by atoms with E-state index < -0.39 is 0 Å². The third kappa shape index (κ3) is 3.56. The zero-order valence-electron chi connectivity index (χ0n) is 13.5. The van der Waals surface area contributed by atoms with E-state index in [1.807, 2.05) is 31.2 Å². The zero-order valence-corrected chi connectivity index (χ0v) is 13.5. The van der Waals surface area contributed by atoms with Crippen LogP contribution in [0.4, 0.5) is 0 Å². The molecule has 1 heterocycles. The molecule has 0 unspecified atom stereocenters. The first-order valence-corrected chi connectivity index (χ1v) is 7.98. The van der Waals surface area contributed by atoms with Gasteiger partial charge in [0.2, 0.25) is 0 Å². The molecule has 0 spiro atoms. The summed E-state index contributed by atoms with van der Waals surface area (Å²) in [4.78, 5) is 11.9. The third-order valence-electron chi connectivity index (χ3n) is 3.93. The molecule has 0 saturated heterocycles. The SMILES string of the molecule is CCCNC(=O)c1ccc(Oc2ccc3c(c2)COB3C)cc1. The van der Waals surface area contributed by atoms with Gasteiger partial charge in [0.05, 0.1) is 6.61 Å². The summed E-state index contributed by atoms with van der Waals surface area (Å²) in [6, 6.07) is 13.2. The molecule has 2 aromatic rings. The van der Waals surface area contributed by atoms with Crippen molar-refractivity contribution >= 4 is 18.3 Å². The predicted molar refractivity (Wildman–Crippen MR) is 91.6 cm³/mol. The van der Waals surface area contributed by atoms with Gasteiger partial charge in [-0.1, -0.05) is 19.8 Å². The lowest BCUT2D eigenvalue weighted by molar-refractivity contribution is 0.0953. The van der Waals surface area contributed by atoms with Crippen LogP contribution < -0.4 is 15.5 Å². The predicted octanol–water partition coefficient (Wildman–Crippen LogP) is 2.98. The molecule has 1 N–H and O–H groups in total. The van der Waals surface area contributed by atoms with Crippen molar-refractivity contribution in [2.24, 2.45) is 0 Å². The van der Waals surface area contributed by atoms with Gasteiger partial charge in [0, 0.05) is 12.1 Å². The van der Waals surface area contributed by atoms with Crippen LogP contribution in [0.5, 0.6) is 11.5 Å². The minimum Gasteiger partial charge on any atom is -0.457 e. The van der Waals surface area contributed by atoms with Gasteiger partial charge in [-0.2, -0.15) is 0 Å². The molecule has 1 aliphatic heterocycles. The van der Waals surface area contributed by atoms with Gasteiger partial charge in [-0.15, -0.1) is 0 Å². The average Bonchev–Trinajstić information content (AvgIpc) is 2.94. The first kappa shape index (κ1) is 15.6. The molecule has 0 saturated carbocycles. The fourth-order valence-corrected chi connectivity index (χ4v) is 2.62. The van der Waals surface area contributed by atoms with Crippen LogP contribution in [0.25, 0.3) is 0 Å². The number of amides is 1. The Morgan fingerprint density at radius 2 is 1.96 bits per heavy atom. The molecular formula is C18H20BNO3. The molecule has 0 atom stereocenters. The monoisotopic (exact) mass is 309 g/mol. The Kier molecular flexibility index (Phi) is 4.67. The lowest BCUT2D eigenvalue weighted by Gasteiger charge is -2.09.